The first kappa shape index (κ1) is 11.3. The van der Waals surface area contributed by atoms with Gasteiger partial charge in [-0.2, -0.15) is 0 Å². The normalized spacial score (nSPS) is 10.5. The fourth-order valence-electron chi connectivity index (χ4n) is 1.49. The molecule has 0 saturated heterocycles. The second kappa shape index (κ2) is 5.20. The Labute approximate surface area is 90.0 Å². The minimum Gasteiger partial charge on any atom is -0.397 e. The van der Waals surface area contributed by atoms with E-state index in [4.69, 9.17) is 5.73 Å². The van der Waals surface area contributed by atoms with Crippen LogP contribution in [0.3, 0.4) is 0 Å². The molecule has 1 rings (SSSR count). The monoisotopic (exact) mass is 204 g/mol. The van der Waals surface area contributed by atoms with Gasteiger partial charge in [-0.15, -0.1) is 0 Å². The highest BCUT2D eigenvalue weighted by atomic mass is 16.1. The summed E-state index contributed by atoms with van der Waals surface area (Å²) in [6.07, 6.45) is 5.42. The molecule has 0 bridgehead atoms. The lowest BCUT2D eigenvalue weighted by Crippen LogP contribution is -2.02. The number of amides is 1. The maximum atomic E-state index is 10.4. The van der Waals surface area contributed by atoms with Gasteiger partial charge in [0.1, 0.15) is 0 Å². The molecule has 0 saturated carbocycles. The molecule has 1 aromatic rings. The van der Waals surface area contributed by atoms with Crippen molar-refractivity contribution in [1.29, 1.82) is 0 Å². The Morgan fingerprint density at radius 1 is 1.47 bits per heavy atom. The molecule has 0 aliphatic carbocycles. The third-order valence-electron chi connectivity index (χ3n) is 2.22. The molecule has 80 valence electrons. The Morgan fingerprint density at radius 3 is 2.73 bits per heavy atom. The van der Waals surface area contributed by atoms with Crippen LogP contribution in [0.5, 0.6) is 0 Å². The molecular weight excluding hydrogens is 188 g/mol. The lowest BCUT2D eigenvalue weighted by molar-refractivity contribution is -0.105. The number of allylic oxidation sites excluding steroid dienone is 1. The Morgan fingerprint density at radius 2 is 2.20 bits per heavy atom. The quantitative estimate of drug-likeness (QED) is 0.584. The number of anilines is 2. The van der Waals surface area contributed by atoms with Crippen LogP contribution in [0.2, 0.25) is 0 Å². The van der Waals surface area contributed by atoms with E-state index in [0.29, 0.717) is 17.8 Å². The number of carbonyl (C=O) groups is 1. The summed E-state index contributed by atoms with van der Waals surface area (Å²) in [6.45, 7) is 4.00. The number of hydrogen-bond donors (Lipinski definition) is 2. The number of aryl methyl sites for hydroxylation is 1. The van der Waals surface area contributed by atoms with Gasteiger partial charge < -0.3 is 11.1 Å². The molecule has 0 aliphatic heterocycles. The lowest BCUT2D eigenvalue weighted by Gasteiger charge is -2.10. The van der Waals surface area contributed by atoms with Crippen molar-refractivity contribution in [3.05, 3.63) is 29.3 Å². The number of benzene rings is 1. The molecule has 3 N–H and O–H groups in total. The number of carbonyl (C=O) groups excluding carboxylic acids is 1. The third kappa shape index (κ3) is 2.59. The smallest absolute Gasteiger partial charge is 0.211 e. The van der Waals surface area contributed by atoms with Crippen LogP contribution < -0.4 is 11.1 Å². The Balaban J connectivity index is 3.27. The maximum Gasteiger partial charge on any atom is 0.211 e. The van der Waals surface area contributed by atoms with Crippen LogP contribution in [-0.4, -0.2) is 6.41 Å². The molecule has 0 unspecified atom stereocenters. The van der Waals surface area contributed by atoms with Gasteiger partial charge in [-0.3, -0.25) is 4.79 Å². The van der Waals surface area contributed by atoms with E-state index in [1.807, 2.05) is 31.2 Å². The van der Waals surface area contributed by atoms with Gasteiger partial charge in [0.25, 0.3) is 0 Å². The van der Waals surface area contributed by atoms with E-state index >= 15 is 0 Å². The zero-order valence-electron chi connectivity index (χ0n) is 9.08. The second-order valence-electron chi connectivity index (χ2n) is 3.27. The summed E-state index contributed by atoms with van der Waals surface area (Å²) in [5, 5.41) is 2.62. The summed E-state index contributed by atoms with van der Waals surface area (Å²) in [4.78, 5) is 10.4. The van der Waals surface area contributed by atoms with E-state index in [9.17, 15) is 4.79 Å². The van der Waals surface area contributed by atoms with Gasteiger partial charge in [-0.05, 0) is 31.0 Å². The fraction of sp³-hybridized carbons (Fsp3) is 0.250. The van der Waals surface area contributed by atoms with Crippen molar-refractivity contribution in [1.82, 2.24) is 0 Å². The molecule has 1 aromatic carbocycles. The zero-order valence-corrected chi connectivity index (χ0v) is 9.08. The number of nitrogens with two attached hydrogens (primary N) is 1. The first-order valence-corrected chi connectivity index (χ1v) is 4.98. The van der Waals surface area contributed by atoms with Crippen molar-refractivity contribution in [3.63, 3.8) is 0 Å². The van der Waals surface area contributed by atoms with Gasteiger partial charge in [0.2, 0.25) is 6.41 Å². The molecule has 0 aromatic heterocycles. The standard InChI is InChI=1S/C12H16N2O/c1-3-5-10-6-9(4-2)7-11(13)12(10)14-8-15/h3,5-8H,4,13H2,1-2H3,(H,14,15)/b5-3-. The first-order valence-electron chi connectivity index (χ1n) is 4.98. The summed E-state index contributed by atoms with van der Waals surface area (Å²) in [6, 6.07) is 3.92. The predicted molar refractivity (Wildman–Crippen MR) is 64.6 cm³/mol. The molecule has 0 spiro atoms. The SMILES string of the molecule is C/C=C\c1cc(CC)cc(N)c1NC=O. The van der Waals surface area contributed by atoms with Crippen molar-refractivity contribution in [2.75, 3.05) is 11.1 Å². The number of hydrogen-bond acceptors (Lipinski definition) is 2. The maximum absolute atomic E-state index is 10.4. The summed E-state index contributed by atoms with van der Waals surface area (Å²) >= 11 is 0. The lowest BCUT2D eigenvalue weighted by atomic mass is 10.0. The zero-order chi connectivity index (χ0) is 11.3. The van der Waals surface area contributed by atoms with Gasteiger partial charge in [-0.1, -0.05) is 19.1 Å². The van der Waals surface area contributed by atoms with Gasteiger partial charge in [0.05, 0.1) is 11.4 Å². The molecule has 0 aliphatic rings. The van der Waals surface area contributed by atoms with E-state index in [1.54, 1.807) is 0 Å². The van der Waals surface area contributed by atoms with Crippen molar-refractivity contribution < 1.29 is 4.79 Å². The van der Waals surface area contributed by atoms with E-state index in [0.717, 1.165) is 17.5 Å². The highest BCUT2D eigenvalue weighted by Crippen LogP contribution is 2.26. The highest BCUT2D eigenvalue weighted by Gasteiger charge is 2.05. The van der Waals surface area contributed by atoms with E-state index in [1.165, 1.54) is 0 Å². The number of nitrogen functional groups attached to an aromatic ring is 1. The number of rotatable bonds is 4. The van der Waals surface area contributed by atoms with Crippen molar-refractivity contribution in [3.8, 4) is 0 Å². The van der Waals surface area contributed by atoms with E-state index in [-0.39, 0.29) is 0 Å². The minimum atomic E-state index is 0.606. The summed E-state index contributed by atoms with van der Waals surface area (Å²) in [5.74, 6) is 0. The van der Waals surface area contributed by atoms with Crippen LogP contribution >= 0.6 is 0 Å². The van der Waals surface area contributed by atoms with Crippen LogP contribution in [-0.2, 0) is 11.2 Å². The van der Waals surface area contributed by atoms with Gasteiger partial charge in [0, 0.05) is 5.56 Å². The summed E-state index contributed by atoms with van der Waals surface area (Å²) in [7, 11) is 0. The summed E-state index contributed by atoms with van der Waals surface area (Å²) < 4.78 is 0. The van der Waals surface area contributed by atoms with Crippen LogP contribution in [0.15, 0.2) is 18.2 Å². The Kier molecular flexibility index (Phi) is 3.92. The predicted octanol–water partition coefficient (Wildman–Crippen LogP) is 2.43. The fourth-order valence-corrected chi connectivity index (χ4v) is 1.49. The average molecular weight is 204 g/mol. The van der Waals surface area contributed by atoms with Crippen molar-refractivity contribution in [2.45, 2.75) is 20.3 Å². The molecule has 1 amide bonds. The van der Waals surface area contributed by atoms with Gasteiger partial charge >= 0.3 is 0 Å². The highest BCUT2D eigenvalue weighted by molar-refractivity contribution is 5.87. The van der Waals surface area contributed by atoms with Crippen LogP contribution in [0.4, 0.5) is 11.4 Å². The minimum absolute atomic E-state index is 0.606. The van der Waals surface area contributed by atoms with Gasteiger partial charge in [0.15, 0.2) is 0 Å². The Hall–Kier alpha value is -1.77. The van der Waals surface area contributed by atoms with Crippen molar-refractivity contribution >= 4 is 23.9 Å². The molecule has 15 heavy (non-hydrogen) atoms. The molecular formula is C12H16N2O. The molecule has 3 heteroatoms. The molecule has 0 atom stereocenters. The largest absolute Gasteiger partial charge is 0.397 e. The van der Waals surface area contributed by atoms with Gasteiger partial charge in [-0.25, -0.2) is 0 Å². The second-order valence-corrected chi connectivity index (χ2v) is 3.27. The van der Waals surface area contributed by atoms with Crippen LogP contribution in [0.1, 0.15) is 25.0 Å². The Bertz CT molecular complexity index is 383. The molecule has 0 heterocycles. The first-order chi connectivity index (χ1) is 7.22. The molecule has 0 fully saturated rings. The van der Waals surface area contributed by atoms with E-state index in [2.05, 4.69) is 12.2 Å². The molecule has 0 radical (unpaired) electrons. The van der Waals surface area contributed by atoms with E-state index < -0.39 is 0 Å². The topological polar surface area (TPSA) is 55.1 Å². The van der Waals surface area contributed by atoms with Crippen molar-refractivity contribution in [2.24, 2.45) is 0 Å². The summed E-state index contributed by atoms with van der Waals surface area (Å²) in [5.41, 5.74) is 9.26. The van der Waals surface area contributed by atoms with Crippen LogP contribution in [0.25, 0.3) is 6.08 Å². The number of nitrogens with one attached hydrogen (secondary N) is 1. The third-order valence-corrected chi connectivity index (χ3v) is 2.22. The van der Waals surface area contributed by atoms with Crippen LogP contribution in [0, 0.1) is 0 Å². The molecule has 3 nitrogen and oxygen atoms in total. The average Bonchev–Trinajstić information content (AvgIpc) is 2.23.